The van der Waals surface area contributed by atoms with E-state index in [0.29, 0.717) is 19.7 Å². The van der Waals surface area contributed by atoms with Gasteiger partial charge in [0.2, 0.25) is 5.91 Å². The van der Waals surface area contributed by atoms with Crippen molar-refractivity contribution in [3.63, 3.8) is 0 Å². The minimum Gasteiger partial charge on any atom is -0.465 e. The van der Waals surface area contributed by atoms with Crippen LogP contribution in [0.1, 0.15) is 26.3 Å². The number of amides is 1. The first-order valence-corrected chi connectivity index (χ1v) is 7.86. The Morgan fingerprint density at radius 3 is 2.50 bits per heavy atom. The minimum absolute atomic E-state index is 0.0276. The number of carbonyl (C=O) groups is 2. The average Bonchev–Trinajstić information content (AvgIpc) is 2.52. The molecular weight excluding hydrogens is 280 g/mol. The normalized spacial score (nSPS) is 19.3. The van der Waals surface area contributed by atoms with E-state index in [2.05, 4.69) is 19.1 Å². The molecule has 120 valence electrons. The topological polar surface area (TPSA) is 49.9 Å². The zero-order valence-corrected chi connectivity index (χ0v) is 13.5. The first kappa shape index (κ1) is 16.5. The summed E-state index contributed by atoms with van der Waals surface area (Å²) in [4.78, 5) is 27.8. The van der Waals surface area contributed by atoms with E-state index >= 15 is 0 Å². The minimum atomic E-state index is -0.316. The predicted octanol–water partition coefficient (Wildman–Crippen LogP) is 1.85. The smallest absolute Gasteiger partial charge is 0.320 e. The maximum atomic E-state index is 12.6. The number of hydrogen-bond donors (Lipinski definition) is 0. The second-order valence-electron chi connectivity index (χ2n) is 5.46. The Balaban J connectivity index is 2.03. The number of ether oxygens (including phenoxy) is 1. The summed E-state index contributed by atoms with van der Waals surface area (Å²) in [5.41, 5.74) is 2.18. The van der Waals surface area contributed by atoms with Crippen LogP contribution in [0.4, 0.5) is 5.69 Å². The first-order chi connectivity index (χ1) is 10.6. The highest BCUT2D eigenvalue weighted by Gasteiger charge is 2.33. The average molecular weight is 304 g/mol. The zero-order valence-electron chi connectivity index (χ0n) is 13.5. The number of carbonyl (C=O) groups excluding carboxylic acids is 2. The fraction of sp³-hybridized carbons (Fsp3) is 0.529. The van der Waals surface area contributed by atoms with Crippen molar-refractivity contribution in [1.29, 1.82) is 0 Å². The van der Waals surface area contributed by atoms with E-state index in [-0.39, 0.29) is 24.5 Å². The van der Waals surface area contributed by atoms with Crippen molar-refractivity contribution in [2.45, 2.75) is 33.2 Å². The van der Waals surface area contributed by atoms with Gasteiger partial charge < -0.3 is 9.64 Å². The second kappa shape index (κ2) is 7.40. The van der Waals surface area contributed by atoms with E-state index in [1.807, 2.05) is 24.0 Å². The van der Waals surface area contributed by atoms with Crippen LogP contribution in [0.2, 0.25) is 0 Å². The highest BCUT2D eigenvalue weighted by molar-refractivity contribution is 5.98. The molecule has 0 aromatic heterocycles. The summed E-state index contributed by atoms with van der Waals surface area (Å²) in [6, 6.07) is 7.77. The molecule has 1 atom stereocenters. The predicted molar refractivity (Wildman–Crippen MR) is 85.8 cm³/mol. The van der Waals surface area contributed by atoms with Crippen molar-refractivity contribution in [2.24, 2.45) is 0 Å². The summed E-state index contributed by atoms with van der Waals surface area (Å²) in [5, 5.41) is 0. The molecule has 0 radical (unpaired) electrons. The van der Waals surface area contributed by atoms with Crippen LogP contribution in [0.15, 0.2) is 24.3 Å². The fourth-order valence-corrected chi connectivity index (χ4v) is 2.67. The number of aryl methyl sites for hydroxylation is 1. The molecule has 0 saturated carbocycles. The number of hydrogen-bond acceptors (Lipinski definition) is 4. The standard InChI is InChI=1S/C17H24N2O3/c1-4-14-6-8-15(9-7-14)19-11-10-18(13(3)17(19)21)12-16(20)22-5-2/h6-9,13H,4-5,10-12H2,1-3H3. The molecular formula is C17H24N2O3. The Kier molecular flexibility index (Phi) is 5.55. The van der Waals surface area contributed by atoms with Gasteiger partial charge in [-0.1, -0.05) is 19.1 Å². The van der Waals surface area contributed by atoms with E-state index in [1.165, 1.54) is 5.56 Å². The van der Waals surface area contributed by atoms with Crippen LogP contribution in [-0.4, -0.2) is 49.1 Å². The molecule has 1 aliphatic rings. The molecule has 0 N–H and O–H groups in total. The number of nitrogens with zero attached hydrogens (tertiary/aromatic N) is 2. The quantitative estimate of drug-likeness (QED) is 0.779. The largest absolute Gasteiger partial charge is 0.465 e. The van der Waals surface area contributed by atoms with Gasteiger partial charge in [-0.15, -0.1) is 0 Å². The van der Waals surface area contributed by atoms with Gasteiger partial charge in [-0.05, 0) is 38.0 Å². The van der Waals surface area contributed by atoms with Crippen molar-refractivity contribution in [3.8, 4) is 0 Å². The lowest BCUT2D eigenvalue weighted by Gasteiger charge is -2.38. The lowest BCUT2D eigenvalue weighted by atomic mass is 10.1. The van der Waals surface area contributed by atoms with Crippen molar-refractivity contribution >= 4 is 17.6 Å². The lowest BCUT2D eigenvalue weighted by molar-refractivity contribution is -0.145. The van der Waals surface area contributed by atoms with Gasteiger partial charge in [-0.2, -0.15) is 0 Å². The summed E-state index contributed by atoms with van der Waals surface area (Å²) in [5.74, 6) is -0.248. The maximum Gasteiger partial charge on any atom is 0.320 e. The van der Waals surface area contributed by atoms with Crippen LogP contribution in [0.3, 0.4) is 0 Å². The molecule has 1 saturated heterocycles. The van der Waals surface area contributed by atoms with Crippen molar-refractivity contribution < 1.29 is 14.3 Å². The molecule has 1 heterocycles. The van der Waals surface area contributed by atoms with Crippen molar-refractivity contribution in [3.05, 3.63) is 29.8 Å². The molecule has 1 fully saturated rings. The lowest BCUT2D eigenvalue weighted by Crippen LogP contribution is -2.57. The van der Waals surface area contributed by atoms with E-state index in [4.69, 9.17) is 4.74 Å². The molecule has 1 amide bonds. The van der Waals surface area contributed by atoms with E-state index in [0.717, 1.165) is 12.1 Å². The molecule has 1 aromatic carbocycles. The van der Waals surface area contributed by atoms with Gasteiger partial charge in [0, 0.05) is 18.8 Å². The Hall–Kier alpha value is -1.88. The molecule has 0 spiro atoms. The molecule has 5 heteroatoms. The fourth-order valence-electron chi connectivity index (χ4n) is 2.67. The van der Waals surface area contributed by atoms with E-state index < -0.39 is 0 Å². The van der Waals surface area contributed by atoms with Crippen LogP contribution in [0.5, 0.6) is 0 Å². The molecule has 2 rings (SSSR count). The maximum absolute atomic E-state index is 12.6. The SMILES string of the molecule is CCOC(=O)CN1CCN(c2ccc(CC)cc2)C(=O)C1C. The summed E-state index contributed by atoms with van der Waals surface area (Å²) in [7, 11) is 0. The summed E-state index contributed by atoms with van der Waals surface area (Å²) in [6.07, 6.45) is 0.984. The van der Waals surface area contributed by atoms with Gasteiger partial charge >= 0.3 is 5.97 Å². The highest BCUT2D eigenvalue weighted by Crippen LogP contribution is 2.21. The Labute approximate surface area is 131 Å². The van der Waals surface area contributed by atoms with E-state index in [9.17, 15) is 9.59 Å². The van der Waals surface area contributed by atoms with Crippen LogP contribution in [-0.2, 0) is 20.7 Å². The van der Waals surface area contributed by atoms with Crippen LogP contribution in [0, 0.1) is 0 Å². The van der Waals surface area contributed by atoms with Gasteiger partial charge in [0.15, 0.2) is 0 Å². The van der Waals surface area contributed by atoms with Gasteiger partial charge in [0.1, 0.15) is 0 Å². The number of piperazine rings is 1. The summed E-state index contributed by atoms with van der Waals surface area (Å²) < 4.78 is 4.96. The number of anilines is 1. The molecule has 1 aromatic rings. The van der Waals surface area contributed by atoms with Gasteiger partial charge in [0.05, 0.1) is 19.2 Å². The molecule has 1 unspecified atom stereocenters. The summed E-state index contributed by atoms with van der Waals surface area (Å²) in [6.45, 7) is 7.53. The van der Waals surface area contributed by atoms with Gasteiger partial charge in [0.25, 0.3) is 0 Å². The summed E-state index contributed by atoms with van der Waals surface area (Å²) >= 11 is 0. The number of benzene rings is 1. The zero-order chi connectivity index (χ0) is 16.1. The van der Waals surface area contributed by atoms with Crippen molar-refractivity contribution in [2.75, 3.05) is 31.1 Å². The second-order valence-corrected chi connectivity index (χ2v) is 5.46. The third kappa shape index (κ3) is 3.65. The number of rotatable bonds is 5. The third-order valence-electron chi connectivity index (χ3n) is 4.08. The van der Waals surface area contributed by atoms with Crippen LogP contribution >= 0.6 is 0 Å². The highest BCUT2D eigenvalue weighted by atomic mass is 16.5. The molecule has 0 bridgehead atoms. The molecule has 0 aliphatic carbocycles. The Morgan fingerprint density at radius 2 is 1.91 bits per heavy atom. The molecule has 1 aliphatic heterocycles. The van der Waals surface area contributed by atoms with E-state index in [1.54, 1.807) is 11.8 Å². The van der Waals surface area contributed by atoms with Crippen LogP contribution in [0.25, 0.3) is 0 Å². The number of esters is 1. The molecule has 5 nitrogen and oxygen atoms in total. The Bertz CT molecular complexity index is 527. The molecule has 22 heavy (non-hydrogen) atoms. The Morgan fingerprint density at radius 1 is 1.23 bits per heavy atom. The first-order valence-electron chi connectivity index (χ1n) is 7.86. The van der Waals surface area contributed by atoms with Gasteiger partial charge in [-0.3, -0.25) is 14.5 Å². The van der Waals surface area contributed by atoms with Crippen LogP contribution < -0.4 is 4.90 Å². The third-order valence-corrected chi connectivity index (χ3v) is 4.08. The van der Waals surface area contributed by atoms with Crippen molar-refractivity contribution in [1.82, 2.24) is 4.90 Å². The van der Waals surface area contributed by atoms with Gasteiger partial charge in [-0.25, -0.2) is 0 Å². The monoisotopic (exact) mass is 304 g/mol.